The van der Waals surface area contributed by atoms with Gasteiger partial charge in [-0.1, -0.05) is 6.07 Å². The van der Waals surface area contributed by atoms with Gasteiger partial charge >= 0.3 is 0 Å². The van der Waals surface area contributed by atoms with E-state index in [0.29, 0.717) is 17.1 Å². The van der Waals surface area contributed by atoms with E-state index in [0.717, 1.165) is 0 Å². The molecule has 0 saturated carbocycles. The number of rotatable bonds is 5. The molecular formula is C16H17F2NO2. The predicted octanol–water partition coefficient (Wildman–Crippen LogP) is 3.22. The lowest BCUT2D eigenvalue weighted by Gasteiger charge is -2.17. The molecule has 2 aromatic rings. The molecule has 112 valence electrons. The average molecular weight is 293 g/mol. The van der Waals surface area contributed by atoms with Gasteiger partial charge in [0.15, 0.2) is 0 Å². The molecule has 1 atom stereocenters. The molecule has 3 nitrogen and oxygen atoms in total. The number of hydrogen-bond donors (Lipinski definition) is 1. The molecule has 0 spiro atoms. The fourth-order valence-electron chi connectivity index (χ4n) is 2.19. The van der Waals surface area contributed by atoms with Gasteiger partial charge in [0.2, 0.25) is 0 Å². The maximum Gasteiger partial charge on any atom is 0.129 e. The van der Waals surface area contributed by atoms with Crippen LogP contribution in [0.15, 0.2) is 36.4 Å². The SMILES string of the molecule is COc1ccc(OC)c(C(N)Cc2c(F)cccc2F)c1. The molecule has 0 amide bonds. The maximum atomic E-state index is 13.7. The molecule has 1 unspecified atom stereocenters. The molecule has 5 heteroatoms. The Labute approximate surface area is 122 Å². The van der Waals surface area contributed by atoms with E-state index in [1.807, 2.05) is 0 Å². The standard InChI is InChI=1S/C16H17F2NO2/c1-20-10-6-7-16(21-2)12(8-10)15(19)9-11-13(17)4-3-5-14(11)18/h3-8,15H,9,19H2,1-2H3. The van der Waals surface area contributed by atoms with E-state index in [-0.39, 0.29) is 12.0 Å². The van der Waals surface area contributed by atoms with Crippen molar-refractivity contribution in [3.8, 4) is 11.5 Å². The van der Waals surface area contributed by atoms with Crippen molar-refractivity contribution < 1.29 is 18.3 Å². The number of methoxy groups -OCH3 is 2. The molecule has 0 radical (unpaired) electrons. The van der Waals surface area contributed by atoms with Crippen molar-refractivity contribution in [3.05, 3.63) is 59.2 Å². The molecule has 21 heavy (non-hydrogen) atoms. The molecule has 0 aliphatic heterocycles. The molecule has 2 N–H and O–H groups in total. The third kappa shape index (κ3) is 3.31. The van der Waals surface area contributed by atoms with Gasteiger partial charge in [-0.15, -0.1) is 0 Å². The number of ether oxygens (including phenoxy) is 2. The first-order valence-electron chi connectivity index (χ1n) is 6.47. The van der Waals surface area contributed by atoms with Gasteiger partial charge in [-0.25, -0.2) is 8.78 Å². The third-order valence-electron chi connectivity index (χ3n) is 3.32. The van der Waals surface area contributed by atoms with Crippen LogP contribution < -0.4 is 15.2 Å². The van der Waals surface area contributed by atoms with Crippen LogP contribution in [0.5, 0.6) is 11.5 Å². The Kier molecular flexibility index (Phi) is 4.75. The number of halogens is 2. The minimum atomic E-state index is -0.610. The second kappa shape index (κ2) is 6.54. The van der Waals surface area contributed by atoms with Crippen LogP contribution in [0.2, 0.25) is 0 Å². The number of benzene rings is 2. The van der Waals surface area contributed by atoms with E-state index in [2.05, 4.69) is 0 Å². The van der Waals surface area contributed by atoms with E-state index in [1.54, 1.807) is 18.2 Å². The van der Waals surface area contributed by atoms with Crippen molar-refractivity contribution in [1.29, 1.82) is 0 Å². The quantitative estimate of drug-likeness (QED) is 0.920. The Morgan fingerprint density at radius 2 is 1.71 bits per heavy atom. The highest BCUT2D eigenvalue weighted by molar-refractivity contribution is 5.43. The summed E-state index contributed by atoms with van der Waals surface area (Å²) in [6.07, 6.45) is 0.0298. The third-order valence-corrected chi connectivity index (χ3v) is 3.32. The number of nitrogens with two attached hydrogens (primary N) is 1. The fourth-order valence-corrected chi connectivity index (χ4v) is 2.19. The fraction of sp³-hybridized carbons (Fsp3) is 0.250. The van der Waals surface area contributed by atoms with E-state index in [1.165, 1.54) is 32.4 Å². The zero-order chi connectivity index (χ0) is 15.4. The predicted molar refractivity (Wildman–Crippen MR) is 76.5 cm³/mol. The van der Waals surface area contributed by atoms with Crippen LogP contribution in [0.3, 0.4) is 0 Å². The van der Waals surface area contributed by atoms with Crippen molar-refractivity contribution in [3.63, 3.8) is 0 Å². The van der Waals surface area contributed by atoms with Gasteiger partial charge in [-0.05, 0) is 36.8 Å². The number of hydrogen-bond acceptors (Lipinski definition) is 3. The first-order chi connectivity index (χ1) is 10.1. The summed E-state index contributed by atoms with van der Waals surface area (Å²) < 4.78 is 37.8. The van der Waals surface area contributed by atoms with E-state index in [9.17, 15) is 8.78 Å². The largest absolute Gasteiger partial charge is 0.497 e. The van der Waals surface area contributed by atoms with E-state index >= 15 is 0 Å². The summed E-state index contributed by atoms with van der Waals surface area (Å²) >= 11 is 0. The highest BCUT2D eigenvalue weighted by atomic mass is 19.1. The van der Waals surface area contributed by atoms with Gasteiger partial charge in [-0.2, -0.15) is 0 Å². The van der Waals surface area contributed by atoms with Crippen LogP contribution in [0, 0.1) is 11.6 Å². The molecule has 0 saturated heterocycles. The van der Waals surface area contributed by atoms with Crippen LogP contribution in [0.4, 0.5) is 8.78 Å². The van der Waals surface area contributed by atoms with Crippen LogP contribution in [0.1, 0.15) is 17.2 Å². The van der Waals surface area contributed by atoms with Gasteiger partial charge in [-0.3, -0.25) is 0 Å². The highest BCUT2D eigenvalue weighted by Crippen LogP contribution is 2.30. The summed E-state index contributed by atoms with van der Waals surface area (Å²) in [5, 5.41) is 0. The van der Waals surface area contributed by atoms with Crippen LogP contribution in [0.25, 0.3) is 0 Å². The summed E-state index contributed by atoms with van der Waals surface area (Å²) in [6.45, 7) is 0. The van der Waals surface area contributed by atoms with Crippen molar-refractivity contribution in [1.82, 2.24) is 0 Å². The van der Waals surface area contributed by atoms with Gasteiger partial charge in [0.1, 0.15) is 23.1 Å². The molecule has 2 rings (SSSR count). The van der Waals surface area contributed by atoms with E-state index in [4.69, 9.17) is 15.2 Å². The van der Waals surface area contributed by atoms with Crippen molar-refractivity contribution in [2.24, 2.45) is 5.73 Å². The van der Waals surface area contributed by atoms with Crippen LogP contribution in [-0.4, -0.2) is 14.2 Å². The van der Waals surface area contributed by atoms with Gasteiger partial charge in [0.25, 0.3) is 0 Å². The highest BCUT2D eigenvalue weighted by Gasteiger charge is 2.18. The molecular weight excluding hydrogens is 276 g/mol. The first-order valence-corrected chi connectivity index (χ1v) is 6.47. The maximum absolute atomic E-state index is 13.7. The Hall–Kier alpha value is -2.14. The molecule has 0 fully saturated rings. The monoisotopic (exact) mass is 293 g/mol. The Bertz CT molecular complexity index is 611. The minimum absolute atomic E-state index is 0.0298. The van der Waals surface area contributed by atoms with Gasteiger partial charge in [0, 0.05) is 17.2 Å². The molecule has 0 bridgehead atoms. The summed E-state index contributed by atoms with van der Waals surface area (Å²) in [4.78, 5) is 0. The second-order valence-corrected chi connectivity index (χ2v) is 4.62. The van der Waals surface area contributed by atoms with Crippen molar-refractivity contribution in [2.75, 3.05) is 14.2 Å². The Morgan fingerprint density at radius 1 is 1.05 bits per heavy atom. The topological polar surface area (TPSA) is 44.5 Å². The molecule has 0 aliphatic rings. The lowest BCUT2D eigenvalue weighted by atomic mass is 9.98. The lowest BCUT2D eigenvalue weighted by Crippen LogP contribution is -2.16. The molecule has 2 aromatic carbocycles. The van der Waals surface area contributed by atoms with E-state index < -0.39 is 17.7 Å². The van der Waals surface area contributed by atoms with Gasteiger partial charge in [0.05, 0.1) is 14.2 Å². The van der Waals surface area contributed by atoms with Crippen molar-refractivity contribution >= 4 is 0 Å². The zero-order valence-electron chi connectivity index (χ0n) is 11.9. The molecule has 0 aromatic heterocycles. The zero-order valence-corrected chi connectivity index (χ0v) is 11.9. The summed E-state index contributed by atoms with van der Waals surface area (Å²) in [7, 11) is 3.05. The first kappa shape index (κ1) is 15.3. The molecule has 0 aliphatic carbocycles. The average Bonchev–Trinajstić information content (AvgIpc) is 2.50. The Morgan fingerprint density at radius 3 is 2.29 bits per heavy atom. The van der Waals surface area contributed by atoms with Gasteiger partial charge < -0.3 is 15.2 Å². The smallest absolute Gasteiger partial charge is 0.129 e. The summed E-state index contributed by atoms with van der Waals surface area (Å²) in [5.74, 6) is -0.0464. The Balaban J connectivity index is 2.33. The van der Waals surface area contributed by atoms with Crippen LogP contribution in [-0.2, 0) is 6.42 Å². The summed E-state index contributed by atoms with van der Waals surface area (Å²) in [5.41, 5.74) is 6.70. The van der Waals surface area contributed by atoms with Crippen molar-refractivity contribution in [2.45, 2.75) is 12.5 Å². The molecule has 0 heterocycles. The second-order valence-electron chi connectivity index (χ2n) is 4.62. The normalized spacial score (nSPS) is 12.0. The minimum Gasteiger partial charge on any atom is -0.497 e. The lowest BCUT2D eigenvalue weighted by molar-refractivity contribution is 0.394. The summed E-state index contributed by atoms with van der Waals surface area (Å²) in [6, 6.07) is 8.31. The van der Waals surface area contributed by atoms with Crippen LogP contribution >= 0.6 is 0 Å².